The first-order valence-corrected chi connectivity index (χ1v) is 10.3. The number of anilines is 1. The summed E-state index contributed by atoms with van der Waals surface area (Å²) >= 11 is 0. The minimum atomic E-state index is -1.14. The molecule has 8 heteroatoms. The van der Waals surface area contributed by atoms with Gasteiger partial charge in [0.25, 0.3) is 0 Å². The Morgan fingerprint density at radius 2 is 1.93 bits per heavy atom. The number of imidazole rings is 1. The molecule has 1 amide bonds. The summed E-state index contributed by atoms with van der Waals surface area (Å²) in [7, 11) is 0. The lowest BCUT2D eigenvalue weighted by atomic mass is 9.99. The van der Waals surface area contributed by atoms with E-state index in [2.05, 4.69) is 16.4 Å². The molecule has 1 aromatic carbocycles. The van der Waals surface area contributed by atoms with E-state index in [1.807, 2.05) is 6.07 Å². The molecule has 4 rings (SSSR count). The number of amides is 1. The third kappa shape index (κ3) is 4.01. The number of nitrogens with one attached hydrogen (secondary N) is 1. The van der Waals surface area contributed by atoms with Gasteiger partial charge in [0.15, 0.2) is 5.69 Å². The Balaban J connectivity index is 1.52. The van der Waals surface area contributed by atoms with Crippen LogP contribution in [0.25, 0.3) is 0 Å². The maximum atomic E-state index is 12.8. The molecule has 30 heavy (non-hydrogen) atoms. The number of hydrogen-bond acceptors (Lipinski definition) is 6. The van der Waals surface area contributed by atoms with E-state index in [4.69, 9.17) is 14.7 Å². The zero-order chi connectivity index (χ0) is 21.1. The average molecular weight is 408 g/mol. The first kappa shape index (κ1) is 20.0. The minimum absolute atomic E-state index is 0.0198. The van der Waals surface area contributed by atoms with Crippen LogP contribution >= 0.6 is 0 Å². The lowest BCUT2D eigenvalue weighted by Crippen LogP contribution is -2.34. The van der Waals surface area contributed by atoms with Crippen LogP contribution in [0.2, 0.25) is 0 Å². The molecule has 1 heterocycles. The molecule has 0 radical (unpaired) electrons. The number of ether oxygens (including phenoxy) is 2. The maximum Gasteiger partial charge on any atom is 0.412 e. The first-order chi connectivity index (χ1) is 14.6. The van der Waals surface area contributed by atoms with Crippen molar-refractivity contribution in [2.75, 3.05) is 11.9 Å². The molecule has 0 aliphatic heterocycles. The number of aromatic nitrogens is 2. The van der Waals surface area contributed by atoms with Crippen molar-refractivity contribution in [2.45, 2.75) is 58.1 Å². The van der Waals surface area contributed by atoms with Gasteiger partial charge in [0.2, 0.25) is 6.10 Å². The Kier molecular flexibility index (Phi) is 5.70. The van der Waals surface area contributed by atoms with Gasteiger partial charge in [-0.15, -0.1) is 0 Å². The normalized spacial score (nSPS) is 15.1. The molecular formula is C22H24N4O4. The molecule has 1 atom stereocenters. The number of rotatable bonds is 6. The van der Waals surface area contributed by atoms with Gasteiger partial charge < -0.3 is 14.0 Å². The Bertz CT molecular complexity index is 989. The van der Waals surface area contributed by atoms with Crippen LogP contribution in [-0.2, 0) is 46.5 Å². The van der Waals surface area contributed by atoms with Crippen LogP contribution in [0, 0.1) is 11.3 Å². The number of carbonyl (C=O) groups is 2. The summed E-state index contributed by atoms with van der Waals surface area (Å²) in [5, 5.41) is 11.9. The van der Waals surface area contributed by atoms with E-state index in [1.54, 1.807) is 6.92 Å². The number of carbonyl (C=O) groups excluding carboxylic acids is 2. The maximum absolute atomic E-state index is 12.8. The Labute approximate surface area is 174 Å². The van der Waals surface area contributed by atoms with Gasteiger partial charge in [-0.3, -0.25) is 5.32 Å². The second kappa shape index (κ2) is 8.57. The third-order valence-corrected chi connectivity index (χ3v) is 5.62. The topological polar surface area (TPSA) is 106 Å². The van der Waals surface area contributed by atoms with E-state index in [9.17, 15) is 9.59 Å². The van der Waals surface area contributed by atoms with E-state index in [-0.39, 0.29) is 18.8 Å². The van der Waals surface area contributed by atoms with Crippen LogP contribution in [0.5, 0.6) is 0 Å². The van der Waals surface area contributed by atoms with Gasteiger partial charge in [0.05, 0.1) is 25.2 Å². The summed E-state index contributed by atoms with van der Waals surface area (Å²) in [4.78, 5) is 29.0. The number of hydrogen-bond donors (Lipinski definition) is 1. The largest absolute Gasteiger partial charge is 0.463 e. The number of fused-ring (bicyclic) bond motifs is 2. The quantitative estimate of drug-likeness (QED) is 0.737. The van der Waals surface area contributed by atoms with Crippen molar-refractivity contribution in [2.24, 2.45) is 0 Å². The monoisotopic (exact) mass is 408 g/mol. The van der Waals surface area contributed by atoms with Crippen LogP contribution in [0.15, 0.2) is 18.6 Å². The summed E-state index contributed by atoms with van der Waals surface area (Å²) < 4.78 is 12.1. The number of aryl methyl sites for hydroxylation is 2. The zero-order valence-electron chi connectivity index (χ0n) is 16.9. The second-order valence-electron chi connectivity index (χ2n) is 7.57. The second-order valence-corrected chi connectivity index (χ2v) is 7.57. The van der Waals surface area contributed by atoms with Crippen molar-refractivity contribution in [1.82, 2.24) is 9.55 Å². The molecule has 2 aliphatic carbocycles. The number of nitrogens with zero attached hydrogens (tertiary/aromatic N) is 3. The molecule has 2 aliphatic rings. The van der Waals surface area contributed by atoms with Crippen molar-refractivity contribution in [3.8, 4) is 6.07 Å². The van der Waals surface area contributed by atoms with Crippen LogP contribution in [0.4, 0.5) is 10.5 Å². The average Bonchev–Trinajstić information content (AvgIpc) is 3.47. The summed E-state index contributed by atoms with van der Waals surface area (Å²) in [5.74, 6) is -0.636. The summed E-state index contributed by atoms with van der Waals surface area (Å²) in [6.07, 6.45) is 7.17. The van der Waals surface area contributed by atoms with Gasteiger partial charge in [-0.1, -0.05) is 6.07 Å². The van der Waals surface area contributed by atoms with Gasteiger partial charge >= 0.3 is 12.1 Å². The van der Waals surface area contributed by atoms with Crippen molar-refractivity contribution in [3.63, 3.8) is 0 Å². The van der Waals surface area contributed by atoms with Crippen molar-refractivity contribution in [1.29, 1.82) is 5.26 Å². The van der Waals surface area contributed by atoms with Crippen molar-refractivity contribution < 1.29 is 19.1 Å². The van der Waals surface area contributed by atoms with E-state index in [0.717, 1.165) is 44.2 Å². The lowest BCUT2D eigenvalue weighted by Gasteiger charge is -2.19. The van der Waals surface area contributed by atoms with Crippen LogP contribution in [0.1, 0.15) is 47.7 Å². The molecule has 2 aromatic rings. The van der Waals surface area contributed by atoms with E-state index < -0.39 is 18.2 Å². The highest BCUT2D eigenvalue weighted by molar-refractivity contribution is 5.90. The predicted octanol–water partition coefficient (Wildman–Crippen LogP) is 2.91. The highest BCUT2D eigenvalue weighted by Crippen LogP contribution is 2.38. The highest BCUT2D eigenvalue weighted by atomic mass is 16.6. The molecule has 0 saturated carbocycles. The molecule has 156 valence electrons. The van der Waals surface area contributed by atoms with E-state index >= 15 is 0 Å². The first-order valence-electron chi connectivity index (χ1n) is 10.3. The molecule has 0 fully saturated rings. The van der Waals surface area contributed by atoms with Crippen molar-refractivity contribution >= 4 is 17.7 Å². The molecule has 0 saturated heterocycles. The molecular weight excluding hydrogens is 384 g/mol. The predicted molar refractivity (Wildman–Crippen MR) is 108 cm³/mol. The SMILES string of the molecule is CCOC(=O)C(Cn1cnc(C#N)c1)OC(=O)Nc1c2c(cc3c1CCC3)CCC2. The van der Waals surface area contributed by atoms with Crippen molar-refractivity contribution in [3.05, 3.63) is 46.5 Å². The van der Waals surface area contributed by atoms with Crippen LogP contribution < -0.4 is 5.32 Å². The molecule has 1 N–H and O–H groups in total. The van der Waals surface area contributed by atoms with Gasteiger partial charge in [-0.05, 0) is 67.7 Å². The van der Waals surface area contributed by atoms with Gasteiger partial charge in [-0.2, -0.15) is 5.26 Å². The molecule has 1 unspecified atom stereocenters. The van der Waals surface area contributed by atoms with E-state index in [0.29, 0.717) is 0 Å². The fourth-order valence-corrected chi connectivity index (χ4v) is 4.33. The van der Waals surface area contributed by atoms with Gasteiger partial charge in [0.1, 0.15) is 6.07 Å². The molecule has 1 aromatic heterocycles. The fraction of sp³-hybridized carbons (Fsp3) is 0.455. The zero-order valence-corrected chi connectivity index (χ0v) is 16.9. The van der Waals surface area contributed by atoms with Gasteiger partial charge in [0, 0.05) is 6.20 Å². The Morgan fingerprint density at radius 1 is 1.23 bits per heavy atom. The lowest BCUT2D eigenvalue weighted by molar-refractivity contribution is -0.153. The fourth-order valence-electron chi connectivity index (χ4n) is 4.33. The summed E-state index contributed by atoms with van der Waals surface area (Å²) in [6, 6.07) is 4.21. The molecule has 8 nitrogen and oxygen atoms in total. The van der Waals surface area contributed by atoms with Crippen LogP contribution in [-0.4, -0.2) is 34.3 Å². The molecule has 0 spiro atoms. The third-order valence-electron chi connectivity index (χ3n) is 5.62. The highest BCUT2D eigenvalue weighted by Gasteiger charge is 2.28. The standard InChI is InChI=1S/C22H24N4O4/c1-2-29-21(27)19(12-26-11-16(10-23)24-13-26)30-22(28)25-20-17-7-3-5-14(17)9-15-6-4-8-18(15)20/h9,11,13,19H,2-8,12H2,1H3,(H,25,28). The summed E-state index contributed by atoms with van der Waals surface area (Å²) in [6.45, 7) is 1.88. The van der Waals surface area contributed by atoms with E-state index in [1.165, 1.54) is 39.3 Å². The Hall–Kier alpha value is -3.34. The van der Waals surface area contributed by atoms with Crippen LogP contribution in [0.3, 0.4) is 0 Å². The van der Waals surface area contributed by atoms with Gasteiger partial charge in [-0.25, -0.2) is 14.6 Å². The smallest absolute Gasteiger partial charge is 0.412 e. The number of benzene rings is 1. The Morgan fingerprint density at radius 3 is 2.53 bits per heavy atom. The number of nitriles is 1. The number of esters is 1. The molecule has 0 bridgehead atoms. The minimum Gasteiger partial charge on any atom is -0.463 e. The summed E-state index contributed by atoms with van der Waals surface area (Å²) in [5.41, 5.74) is 6.06.